The Morgan fingerprint density at radius 1 is 0.646 bits per heavy atom. The quantitative estimate of drug-likeness (QED) is 0.0243. The number of nitrogens with zero attached hydrogens (tertiary/aromatic N) is 9. The fourth-order valence-corrected chi connectivity index (χ4v) is 14.0. The first-order chi connectivity index (χ1) is 38.7. The fraction of sp³-hybridized carbons (Fsp3) is 0.458. The summed E-state index contributed by atoms with van der Waals surface area (Å²) in [6.07, 6.45) is 12.4. The van der Waals surface area contributed by atoms with E-state index in [4.69, 9.17) is 34.0 Å². The maximum atomic E-state index is 12.8. The molecule has 6 aromatic rings. The number of aliphatic hydroxyl groups excluding tert-OH is 1. The third kappa shape index (κ3) is 15.4. The van der Waals surface area contributed by atoms with Gasteiger partial charge in [-0.25, -0.2) is 9.97 Å². The van der Waals surface area contributed by atoms with Crippen LogP contribution in [-0.4, -0.2) is 139 Å². The summed E-state index contributed by atoms with van der Waals surface area (Å²) in [6.45, 7) is 14.0. The topological polar surface area (TPSA) is 236 Å². The highest BCUT2D eigenvalue weighted by atomic mass is 35.5. The summed E-state index contributed by atoms with van der Waals surface area (Å²) in [5, 5.41) is 34.9. The lowest BCUT2D eigenvalue weighted by atomic mass is 9.60. The largest absolute Gasteiger partial charge is 0.397 e. The number of nitro groups is 1. The standard InChI is InChI=1S/C28H35ClN7O3P.C28H37ClN7OP.C3H8O/c1-34(2)20-16-28(17-20)11-13-35(14-12-28)23-10-9-19(15-24(23)36(37)38)31-27-30-18-21(29)26(33-27)32-22-7-5-6-8-25(22)40(3,4)39;1-35(2)20-16-28(17-20)11-13-36(14-12-28)24-10-9-19(15-22(24)30)32-27-31-18-21(29)26(34-27)33-23-7-5-6-8-25(23)38(3,4)37;1-3(2)4/h5-10,15,18,20H,11-14,16-17H2,1-4H3,(H2,30,31,32,33);5-10,15,18,20H,11-14,16-17,30H2,1-4H3,(H2,31,32,33,34);3-4H,1-2H3. The number of hydrogen-bond acceptors (Lipinski definition) is 18. The van der Waals surface area contributed by atoms with Gasteiger partial charge >= 0.3 is 0 Å². The number of rotatable bonds is 15. The van der Waals surface area contributed by atoms with Crippen LogP contribution in [0.25, 0.3) is 0 Å². The monoisotopic (exact) mass is 1200 g/mol. The number of hydrogen-bond donors (Lipinski definition) is 6. The molecule has 2 saturated heterocycles. The predicted octanol–water partition coefficient (Wildman–Crippen LogP) is 12.2. The third-order valence-electron chi connectivity index (χ3n) is 16.1. The minimum absolute atomic E-state index is 0.0450. The number of nitro benzene ring substituents is 1. The Morgan fingerprint density at radius 2 is 1.02 bits per heavy atom. The summed E-state index contributed by atoms with van der Waals surface area (Å²) in [4.78, 5) is 38.6. The highest BCUT2D eigenvalue weighted by Crippen LogP contribution is 2.53. The van der Waals surface area contributed by atoms with Gasteiger partial charge in [0.15, 0.2) is 11.6 Å². The molecule has 2 saturated carbocycles. The molecule has 440 valence electrons. The molecular weight excluding hydrogens is 1120 g/mol. The van der Waals surface area contributed by atoms with Crippen molar-refractivity contribution in [1.29, 1.82) is 0 Å². The molecule has 4 aliphatic rings. The molecule has 0 bridgehead atoms. The molecule has 82 heavy (non-hydrogen) atoms. The second kappa shape index (κ2) is 25.8. The van der Waals surface area contributed by atoms with Crippen LogP contribution < -0.4 is 47.4 Å². The number of nitrogens with two attached hydrogens (primary N) is 1. The lowest BCUT2D eigenvalue weighted by Gasteiger charge is -2.54. The Balaban J connectivity index is 0.000000202. The number of anilines is 11. The summed E-state index contributed by atoms with van der Waals surface area (Å²) < 4.78 is 25.5. The Labute approximate surface area is 493 Å². The summed E-state index contributed by atoms with van der Waals surface area (Å²) in [6, 6.07) is 27.3. The van der Waals surface area contributed by atoms with Gasteiger partial charge in [0.1, 0.15) is 30.0 Å². The molecule has 19 nitrogen and oxygen atoms in total. The van der Waals surface area contributed by atoms with Crippen molar-refractivity contribution in [3.63, 3.8) is 0 Å². The van der Waals surface area contributed by atoms with E-state index in [1.165, 1.54) is 50.8 Å². The minimum atomic E-state index is -2.55. The van der Waals surface area contributed by atoms with E-state index in [1.54, 1.807) is 52.8 Å². The highest BCUT2D eigenvalue weighted by molar-refractivity contribution is 7.70. The zero-order chi connectivity index (χ0) is 59.3. The van der Waals surface area contributed by atoms with Gasteiger partial charge in [0.25, 0.3) is 5.69 Å². The predicted molar refractivity (Wildman–Crippen MR) is 341 cm³/mol. The number of piperidine rings is 2. The Morgan fingerprint density at radius 3 is 1.40 bits per heavy atom. The number of para-hydroxylation sites is 2. The van der Waals surface area contributed by atoms with E-state index < -0.39 is 14.3 Å². The van der Waals surface area contributed by atoms with Crippen LogP contribution in [0.3, 0.4) is 0 Å². The van der Waals surface area contributed by atoms with Crippen LogP contribution in [0, 0.1) is 20.9 Å². The molecule has 7 N–H and O–H groups in total. The van der Waals surface area contributed by atoms with E-state index in [0.717, 1.165) is 67.4 Å². The van der Waals surface area contributed by atoms with E-state index in [0.29, 0.717) is 67.5 Å². The first-order valence-corrected chi connectivity index (χ1v) is 33.8. The van der Waals surface area contributed by atoms with Crippen LogP contribution in [-0.2, 0) is 9.13 Å². The molecule has 10 rings (SSSR count). The second-order valence-electron chi connectivity index (χ2n) is 23.9. The van der Waals surface area contributed by atoms with E-state index in [-0.39, 0.29) is 27.7 Å². The molecule has 4 heterocycles. The summed E-state index contributed by atoms with van der Waals surface area (Å²) in [7, 11) is 3.59. The molecule has 0 unspecified atom stereocenters. The number of nitrogens with one attached hydrogen (secondary N) is 4. The smallest absolute Gasteiger partial charge is 0.294 e. The van der Waals surface area contributed by atoms with Crippen molar-refractivity contribution < 1.29 is 19.2 Å². The van der Waals surface area contributed by atoms with Crippen LogP contribution in [0.4, 0.5) is 69.0 Å². The van der Waals surface area contributed by atoms with Gasteiger partial charge in [-0.2, -0.15) is 9.97 Å². The molecule has 0 radical (unpaired) electrons. The van der Waals surface area contributed by atoms with Gasteiger partial charge in [-0.05, 0) is 185 Å². The lowest BCUT2D eigenvalue weighted by Crippen LogP contribution is -2.53. The van der Waals surface area contributed by atoms with Crippen molar-refractivity contribution >= 4 is 117 Å². The summed E-state index contributed by atoms with van der Waals surface area (Å²) in [5.41, 5.74) is 12.5. The Bertz CT molecular complexity index is 3310. The molecule has 2 aromatic heterocycles. The van der Waals surface area contributed by atoms with Gasteiger partial charge in [-0.3, -0.25) is 10.1 Å². The van der Waals surface area contributed by atoms with Gasteiger partial charge in [0, 0.05) is 72.4 Å². The molecule has 23 heteroatoms. The van der Waals surface area contributed by atoms with Crippen LogP contribution in [0.2, 0.25) is 10.0 Å². The molecule has 0 atom stereocenters. The van der Waals surface area contributed by atoms with Crippen LogP contribution >= 0.6 is 37.5 Å². The number of nitrogen functional groups attached to an aromatic ring is 1. The van der Waals surface area contributed by atoms with Gasteiger partial charge in [-0.1, -0.05) is 47.5 Å². The number of aliphatic hydroxyl groups is 1. The highest BCUT2D eigenvalue weighted by Gasteiger charge is 2.48. The van der Waals surface area contributed by atoms with Gasteiger partial charge < -0.3 is 60.8 Å². The van der Waals surface area contributed by atoms with Gasteiger partial charge in [0.2, 0.25) is 11.9 Å². The zero-order valence-corrected chi connectivity index (χ0v) is 52.1. The maximum absolute atomic E-state index is 12.8. The molecule has 2 spiro atoms. The fourth-order valence-electron chi connectivity index (χ4n) is 11.4. The van der Waals surface area contributed by atoms with E-state index in [9.17, 15) is 19.2 Å². The van der Waals surface area contributed by atoms with Crippen LogP contribution in [0.1, 0.15) is 65.2 Å². The van der Waals surface area contributed by atoms with Crippen LogP contribution in [0.5, 0.6) is 0 Å². The van der Waals surface area contributed by atoms with Crippen molar-refractivity contribution in [3.05, 3.63) is 117 Å². The van der Waals surface area contributed by atoms with E-state index in [2.05, 4.69) is 95.1 Å². The molecular formula is C59H80Cl2N14O5P2. The Hall–Kier alpha value is -6.04. The molecule has 4 fully saturated rings. The van der Waals surface area contributed by atoms with Gasteiger partial charge in [0.05, 0.1) is 40.1 Å². The van der Waals surface area contributed by atoms with E-state index >= 15 is 0 Å². The third-order valence-corrected chi connectivity index (χ3v) is 19.8. The molecule has 2 aliphatic heterocycles. The maximum Gasteiger partial charge on any atom is 0.294 e. The number of halogens is 2. The van der Waals surface area contributed by atoms with Crippen molar-refractivity contribution in [2.45, 2.75) is 83.4 Å². The molecule has 0 amide bonds. The van der Waals surface area contributed by atoms with Gasteiger partial charge in [-0.15, -0.1) is 0 Å². The van der Waals surface area contributed by atoms with Crippen molar-refractivity contribution in [3.8, 4) is 0 Å². The molecule has 2 aliphatic carbocycles. The first kappa shape index (κ1) is 62.0. The SMILES string of the molecule is CC(C)O.CN(C)C1CC2(CCN(c3ccc(Nc4ncc(Cl)c(Nc5ccccc5P(C)(C)=O)n4)cc3N)CC2)C1.CN(C)C1CC2(CCN(c3ccc(Nc4ncc(Cl)c(Nc5ccccc5P(C)(C)=O)n4)cc3[N+](=O)[O-])CC2)C1. The van der Waals surface area contributed by atoms with Crippen molar-refractivity contribution in [1.82, 2.24) is 29.7 Å². The van der Waals surface area contributed by atoms with Crippen LogP contribution in [0.15, 0.2) is 97.3 Å². The Kier molecular flexibility index (Phi) is 19.5. The lowest BCUT2D eigenvalue weighted by molar-refractivity contribution is -0.384. The van der Waals surface area contributed by atoms with Crippen molar-refractivity contribution in [2.75, 3.05) is 118 Å². The first-order valence-electron chi connectivity index (χ1n) is 27.8. The number of benzene rings is 4. The number of aromatic nitrogens is 4. The van der Waals surface area contributed by atoms with E-state index in [1.807, 2.05) is 66.7 Å². The van der Waals surface area contributed by atoms with Crippen molar-refractivity contribution in [2.24, 2.45) is 10.8 Å². The zero-order valence-electron chi connectivity index (χ0n) is 48.8. The average molecular weight is 1200 g/mol. The second-order valence-corrected chi connectivity index (χ2v) is 31.1. The molecule has 4 aromatic carbocycles. The normalized spacial score (nSPS) is 17.5. The summed E-state index contributed by atoms with van der Waals surface area (Å²) in [5.74, 6) is 1.38. The average Bonchev–Trinajstić information content (AvgIpc) is 3.60. The minimum Gasteiger partial charge on any atom is -0.397 e. The summed E-state index contributed by atoms with van der Waals surface area (Å²) >= 11 is 12.8.